The van der Waals surface area contributed by atoms with Gasteiger partial charge in [0, 0.05) is 0 Å². The molecule has 1 saturated heterocycles. The van der Waals surface area contributed by atoms with Crippen LogP contribution in [0.2, 0.25) is 0 Å². The highest BCUT2D eigenvalue weighted by Crippen LogP contribution is 2.35. The summed E-state index contributed by atoms with van der Waals surface area (Å²) in [4.78, 5) is 12.5. The number of methoxy groups -OCH3 is 1. The van der Waals surface area contributed by atoms with Gasteiger partial charge in [-0.15, -0.1) is 0 Å². The maximum atomic E-state index is 10.5. The average molecular weight is 459 g/mol. The number of anilines is 2. The molecule has 1 fully saturated rings. The number of nitrogens with one attached hydrogen (secondary N) is 1. The summed E-state index contributed by atoms with van der Waals surface area (Å²) in [6.45, 7) is 1.92. The van der Waals surface area contributed by atoms with Gasteiger partial charge >= 0.3 is 0 Å². The summed E-state index contributed by atoms with van der Waals surface area (Å²) in [5, 5.41) is 34.3. The number of aromatic nitrogens is 4. The van der Waals surface area contributed by atoms with E-state index in [0.29, 0.717) is 18.1 Å². The van der Waals surface area contributed by atoms with Crippen molar-refractivity contribution in [1.82, 2.24) is 19.5 Å². The third-order valence-corrected chi connectivity index (χ3v) is 5.14. The fourth-order valence-electron chi connectivity index (χ4n) is 3.54. The Kier molecular flexibility index (Phi) is 6.55. The fraction of sp³-hybridized carbons (Fsp3) is 0.400. The van der Waals surface area contributed by atoms with Crippen molar-refractivity contribution in [2.24, 2.45) is 5.10 Å². The van der Waals surface area contributed by atoms with Crippen LogP contribution in [0.4, 0.5) is 11.8 Å². The van der Waals surface area contributed by atoms with E-state index in [4.69, 9.17) is 19.9 Å². The summed E-state index contributed by atoms with van der Waals surface area (Å²) < 4.78 is 17.9. The van der Waals surface area contributed by atoms with Crippen LogP contribution in [0.3, 0.4) is 0 Å². The molecule has 0 bridgehead atoms. The van der Waals surface area contributed by atoms with Gasteiger partial charge in [0.2, 0.25) is 5.95 Å². The molecule has 0 saturated carbocycles. The van der Waals surface area contributed by atoms with E-state index in [1.54, 1.807) is 25.3 Å². The van der Waals surface area contributed by atoms with E-state index in [-0.39, 0.29) is 22.9 Å². The molecule has 13 heteroatoms. The Hall–Kier alpha value is -3.52. The molecule has 3 heterocycles. The molecule has 0 amide bonds. The van der Waals surface area contributed by atoms with Crippen molar-refractivity contribution in [2.45, 2.75) is 31.5 Å². The number of aliphatic hydroxyl groups is 3. The molecule has 176 valence electrons. The largest absolute Gasteiger partial charge is 0.493 e. The Morgan fingerprint density at radius 2 is 2.09 bits per heavy atom. The number of nitrogen functional groups attached to an aromatic ring is 1. The molecule has 0 unspecified atom stereocenters. The second-order valence-electron chi connectivity index (χ2n) is 7.18. The van der Waals surface area contributed by atoms with Gasteiger partial charge < -0.3 is 35.3 Å². The van der Waals surface area contributed by atoms with E-state index in [0.717, 1.165) is 5.56 Å². The number of ether oxygens (including phenoxy) is 3. The topological polar surface area (TPSA) is 182 Å². The van der Waals surface area contributed by atoms with Crippen LogP contribution >= 0.6 is 0 Å². The first-order valence-electron chi connectivity index (χ1n) is 10.2. The maximum Gasteiger partial charge on any atom is 0.228 e. The number of benzene rings is 1. The molecule has 13 nitrogen and oxygen atoms in total. The van der Waals surface area contributed by atoms with Gasteiger partial charge in [0.15, 0.2) is 34.7 Å². The molecule has 4 rings (SSSR count). The van der Waals surface area contributed by atoms with Gasteiger partial charge in [-0.3, -0.25) is 4.57 Å². The smallest absolute Gasteiger partial charge is 0.228 e. The highest BCUT2D eigenvalue weighted by molar-refractivity contribution is 5.85. The van der Waals surface area contributed by atoms with Gasteiger partial charge in [-0.2, -0.15) is 5.10 Å². The second-order valence-corrected chi connectivity index (χ2v) is 7.18. The standard InChI is InChI=1S/C20H25N7O6/c1-3-32-11-5-4-10(6-12(11)31-2)7-24-26-20-25-14-17(21)22-9-23-18(14)27(20)19-16(30)15(29)13(8-28)33-19/h4-7,9,13,15-16,19,28-30H,3,8H2,1-2H3,(H,25,26)(H2,21,22,23)/t13-,15+,16+,19-/m0/s1. The minimum absolute atomic E-state index is 0.119. The first kappa shape index (κ1) is 22.7. The van der Waals surface area contributed by atoms with E-state index in [1.165, 1.54) is 17.1 Å². The Labute approximate surface area is 188 Å². The number of imidazole rings is 1. The van der Waals surface area contributed by atoms with Gasteiger partial charge in [-0.25, -0.2) is 20.4 Å². The summed E-state index contributed by atoms with van der Waals surface area (Å²) in [6, 6.07) is 5.33. The third-order valence-electron chi connectivity index (χ3n) is 5.14. The van der Waals surface area contributed by atoms with Crippen molar-refractivity contribution in [2.75, 3.05) is 31.5 Å². The number of aliphatic hydroxyl groups excluding tert-OH is 3. The number of rotatable bonds is 8. The van der Waals surface area contributed by atoms with Gasteiger partial charge in [0.25, 0.3) is 0 Å². The quantitative estimate of drug-likeness (QED) is 0.223. The normalized spacial score (nSPS) is 22.8. The molecule has 4 atom stereocenters. The van der Waals surface area contributed by atoms with Gasteiger partial charge in [0.05, 0.1) is 26.5 Å². The number of hydrogen-bond donors (Lipinski definition) is 5. The lowest BCUT2D eigenvalue weighted by atomic mass is 10.1. The molecular formula is C20H25N7O6. The van der Waals surface area contributed by atoms with Gasteiger partial charge in [-0.1, -0.05) is 0 Å². The number of nitrogens with zero attached hydrogens (tertiary/aromatic N) is 5. The summed E-state index contributed by atoms with van der Waals surface area (Å²) in [5.41, 5.74) is 9.96. The first-order chi connectivity index (χ1) is 16.0. The van der Waals surface area contributed by atoms with E-state index >= 15 is 0 Å². The van der Waals surface area contributed by atoms with Gasteiger partial charge in [-0.05, 0) is 30.7 Å². The molecule has 33 heavy (non-hydrogen) atoms. The minimum Gasteiger partial charge on any atom is -0.493 e. The van der Waals surface area contributed by atoms with Crippen molar-refractivity contribution in [3.8, 4) is 11.5 Å². The van der Waals surface area contributed by atoms with E-state index in [1.807, 2.05) is 6.92 Å². The molecule has 1 aromatic carbocycles. The average Bonchev–Trinajstić information content (AvgIpc) is 3.32. The molecule has 2 aromatic heterocycles. The number of hydrogen-bond acceptors (Lipinski definition) is 12. The summed E-state index contributed by atoms with van der Waals surface area (Å²) >= 11 is 0. The lowest BCUT2D eigenvalue weighted by Crippen LogP contribution is -2.33. The lowest BCUT2D eigenvalue weighted by Gasteiger charge is -2.18. The third kappa shape index (κ3) is 4.26. The summed E-state index contributed by atoms with van der Waals surface area (Å²) in [6.07, 6.45) is -1.95. The predicted octanol–water partition coefficient (Wildman–Crippen LogP) is -0.127. The fourth-order valence-corrected chi connectivity index (χ4v) is 3.54. The van der Waals surface area contributed by atoms with Crippen LogP contribution in [0, 0.1) is 0 Å². The Morgan fingerprint density at radius 3 is 2.79 bits per heavy atom. The predicted molar refractivity (Wildman–Crippen MR) is 118 cm³/mol. The number of nitrogens with two attached hydrogens (primary N) is 1. The molecule has 3 aromatic rings. The summed E-state index contributed by atoms with van der Waals surface area (Å²) in [5.74, 6) is 1.43. The molecular weight excluding hydrogens is 434 g/mol. The second kappa shape index (κ2) is 9.54. The van der Waals surface area contributed by atoms with Crippen molar-refractivity contribution in [1.29, 1.82) is 0 Å². The number of fused-ring (bicyclic) bond motifs is 1. The molecule has 0 spiro atoms. The highest BCUT2D eigenvalue weighted by atomic mass is 16.6. The van der Waals surface area contributed by atoms with Crippen molar-refractivity contribution in [3.63, 3.8) is 0 Å². The zero-order valence-electron chi connectivity index (χ0n) is 18.0. The van der Waals surface area contributed by atoms with Crippen LogP contribution in [0.5, 0.6) is 11.5 Å². The van der Waals surface area contributed by atoms with Crippen molar-refractivity contribution < 1.29 is 29.5 Å². The monoisotopic (exact) mass is 459 g/mol. The van der Waals surface area contributed by atoms with Crippen molar-refractivity contribution >= 4 is 29.1 Å². The van der Waals surface area contributed by atoms with E-state index in [9.17, 15) is 15.3 Å². The van der Waals surface area contributed by atoms with E-state index in [2.05, 4.69) is 25.5 Å². The van der Waals surface area contributed by atoms with Crippen LogP contribution in [0.1, 0.15) is 18.7 Å². The van der Waals surface area contributed by atoms with E-state index < -0.39 is 31.1 Å². The molecule has 1 aliphatic rings. The Balaban J connectivity index is 1.66. The molecule has 0 radical (unpaired) electrons. The zero-order chi connectivity index (χ0) is 23.5. The van der Waals surface area contributed by atoms with Crippen LogP contribution in [0.25, 0.3) is 11.2 Å². The zero-order valence-corrected chi connectivity index (χ0v) is 18.0. The molecule has 0 aliphatic carbocycles. The highest BCUT2D eigenvalue weighted by Gasteiger charge is 2.45. The van der Waals surface area contributed by atoms with Crippen LogP contribution < -0.4 is 20.6 Å². The Morgan fingerprint density at radius 1 is 1.27 bits per heavy atom. The lowest BCUT2D eigenvalue weighted by molar-refractivity contribution is -0.0501. The SMILES string of the molecule is CCOc1ccc(C=NNc2nc3c(N)ncnc3n2[C@H]2O[C@@H](CO)[C@@H](O)[C@H]2O)cc1OC. The van der Waals surface area contributed by atoms with Gasteiger partial charge in [0.1, 0.15) is 24.6 Å². The Bertz CT molecular complexity index is 1150. The first-order valence-corrected chi connectivity index (χ1v) is 10.2. The minimum atomic E-state index is -1.35. The van der Waals surface area contributed by atoms with Crippen molar-refractivity contribution in [3.05, 3.63) is 30.1 Å². The number of hydrazone groups is 1. The maximum absolute atomic E-state index is 10.5. The van der Waals surface area contributed by atoms with Crippen LogP contribution in [-0.4, -0.2) is 79.7 Å². The van der Waals surface area contributed by atoms with Crippen LogP contribution in [0.15, 0.2) is 29.6 Å². The molecule has 6 N–H and O–H groups in total. The van der Waals surface area contributed by atoms with Crippen LogP contribution in [-0.2, 0) is 4.74 Å². The summed E-state index contributed by atoms with van der Waals surface area (Å²) in [7, 11) is 1.55. The molecule has 1 aliphatic heterocycles.